The molecule has 0 saturated carbocycles. The topological polar surface area (TPSA) is 71.8 Å². The average molecular weight is 444 g/mol. The van der Waals surface area contributed by atoms with Crippen LogP contribution in [0.25, 0.3) is 0 Å². The van der Waals surface area contributed by atoms with Crippen LogP contribution in [0.4, 0.5) is 4.79 Å². The van der Waals surface area contributed by atoms with Crippen molar-refractivity contribution >= 4 is 11.8 Å². The van der Waals surface area contributed by atoms with Crippen molar-refractivity contribution in [3.8, 4) is 0 Å². The molecule has 7 nitrogen and oxygen atoms in total. The lowest BCUT2D eigenvalue weighted by atomic mass is 9.91. The number of aryl methyl sites for hydroxylation is 1. The molecule has 0 atom stereocenters. The third-order valence-electron chi connectivity index (χ3n) is 6.21. The van der Waals surface area contributed by atoms with Crippen LogP contribution >= 0.6 is 0 Å². The number of amides is 1. The van der Waals surface area contributed by atoms with E-state index in [0.717, 1.165) is 52.0 Å². The maximum absolute atomic E-state index is 11.9. The summed E-state index contributed by atoms with van der Waals surface area (Å²) in [5, 5.41) is 3.39. The van der Waals surface area contributed by atoms with Crippen LogP contribution in [0, 0.1) is 5.92 Å². The number of hydrogen-bond donors (Lipinski definition) is 1. The van der Waals surface area contributed by atoms with Gasteiger partial charge in [-0.25, -0.2) is 9.78 Å². The van der Waals surface area contributed by atoms with E-state index in [1.54, 1.807) is 0 Å². The number of carbonyl (C=O) groups excluding carboxylic acids is 1. The molecule has 3 aliphatic rings. The molecule has 0 bridgehead atoms. The van der Waals surface area contributed by atoms with Crippen molar-refractivity contribution in [2.45, 2.75) is 84.3 Å². The second-order valence-electron chi connectivity index (χ2n) is 9.95. The number of aromatic nitrogens is 2. The smallest absolute Gasteiger partial charge is 0.410 e. The minimum absolute atomic E-state index is 0.188. The lowest BCUT2D eigenvalue weighted by Gasteiger charge is -2.33. The molecule has 2 fully saturated rings. The summed E-state index contributed by atoms with van der Waals surface area (Å²) < 4.78 is 7.70. The standard InChI is InChI=1S/C14H22N2O2.C11H19N3/c1-14(2,3)18-13(17)16-9-6-11(7-10-16)12-5-4-8-15-12;1-2-8-14-9-7-13-11(14)10-3-5-12-6-4-10/h4,8,11H,5-7,9-10H2,1-3H3;7,9-10,12H,2-6,8H2,1H3. The number of ether oxygens (including phenoxy) is 1. The minimum atomic E-state index is -0.409. The maximum atomic E-state index is 11.9. The Labute approximate surface area is 193 Å². The summed E-state index contributed by atoms with van der Waals surface area (Å²) in [6.07, 6.45) is 14.5. The van der Waals surface area contributed by atoms with E-state index >= 15 is 0 Å². The first-order chi connectivity index (χ1) is 15.4. The largest absolute Gasteiger partial charge is 0.444 e. The molecule has 1 amide bonds. The van der Waals surface area contributed by atoms with Crippen molar-refractivity contribution in [1.82, 2.24) is 19.8 Å². The highest BCUT2D eigenvalue weighted by atomic mass is 16.6. The molecule has 1 aromatic rings. The van der Waals surface area contributed by atoms with Crippen LogP contribution in [0.2, 0.25) is 0 Å². The summed E-state index contributed by atoms with van der Waals surface area (Å²) in [7, 11) is 0. The average Bonchev–Trinajstić information content (AvgIpc) is 3.47. The summed E-state index contributed by atoms with van der Waals surface area (Å²) >= 11 is 0. The highest BCUT2D eigenvalue weighted by molar-refractivity contribution is 5.90. The van der Waals surface area contributed by atoms with E-state index in [2.05, 4.69) is 39.1 Å². The maximum Gasteiger partial charge on any atom is 0.410 e. The van der Waals surface area contributed by atoms with Crippen LogP contribution in [0.5, 0.6) is 0 Å². The zero-order chi connectivity index (χ0) is 23.0. The monoisotopic (exact) mass is 443 g/mol. The summed E-state index contributed by atoms with van der Waals surface area (Å²) in [5.41, 5.74) is 0.867. The second kappa shape index (κ2) is 11.6. The van der Waals surface area contributed by atoms with Crippen LogP contribution in [0.15, 0.2) is 29.7 Å². The predicted octanol–water partition coefficient (Wildman–Crippen LogP) is 4.75. The van der Waals surface area contributed by atoms with Gasteiger partial charge >= 0.3 is 6.09 Å². The molecule has 0 unspecified atom stereocenters. The summed E-state index contributed by atoms with van der Waals surface area (Å²) in [6, 6.07) is 0. The number of nitrogens with zero attached hydrogens (tertiary/aromatic N) is 4. The van der Waals surface area contributed by atoms with Gasteiger partial charge in [0.2, 0.25) is 0 Å². The molecule has 4 rings (SSSR count). The van der Waals surface area contributed by atoms with Gasteiger partial charge in [0, 0.05) is 62.2 Å². The van der Waals surface area contributed by atoms with Crippen LogP contribution in [0.1, 0.15) is 78.0 Å². The van der Waals surface area contributed by atoms with Crippen LogP contribution in [-0.4, -0.2) is 58.0 Å². The summed E-state index contributed by atoms with van der Waals surface area (Å²) in [5.74, 6) is 2.52. The van der Waals surface area contributed by atoms with Crippen molar-refractivity contribution in [2.24, 2.45) is 10.9 Å². The van der Waals surface area contributed by atoms with Crippen molar-refractivity contribution in [2.75, 3.05) is 26.2 Å². The van der Waals surface area contributed by atoms with Crippen LogP contribution < -0.4 is 5.32 Å². The van der Waals surface area contributed by atoms with E-state index in [0.29, 0.717) is 11.8 Å². The number of imidazole rings is 1. The summed E-state index contributed by atoms with van der Waals surface area (Å²) in [6.45, 7) is 12.9. The number of carbonyl (C=O) groups is 1. The van der Waals surface area contributed by atoms with E-state index < -0.39 is 5.60 Å². The Hall–Kier alpha value is -2.15. The quantitative estimate of drug-likeness (QED) is 0.729. The van der Waals surface area contributed by atoms with E-state index in [4.69, 9.17) is 4.74 Å². The molecule has 32 heavy (non-hydrogen) atoms. The Morgan fingerprint density at radius 2 is 1.88 bits per heavy atom. The zero-order valence-corrected chi connectivity index (χ0v) is 20.3. The molecule has 2 saturated heterocycles. The normalized spacial score (nSPS) is 20.0. The zero-order valence-electron chi connectivity index (χ0n) is 20.3. The second-order valence-corrected chi connectivity index (χ2v) is 9.95. The number of hydrogen-bond acceptors (Lipinski definition) is 5. The van der Waals surface area contributed by atoms with Gasteiger partial charge in [-0.05, 0) is 66.0 Å². The lowest BCUT2D eigenvalue weighted by Crippen LogP contribution is -2.42. The van der Waals surface area contributed by atoms with Crippen molar-refractivity contribution in [1.29, 1.82) is 0 Å². The number of allylic oxidation sites excluding steroid dienone is 1. The first-order valence-corrected chi connectivity index (χ1v) is 12.3. The molecule has 0 spiro atoms. The molecule has 7 heteroatoms. The van der Waals surface area contributed by atoms with Gasteiger partial charge in [0.25, 0.3) is 0 Å². The first kappa shape index (κ1) is 24.5. The molecule has 178 valence electrons. The van der Waals surface area contributed by atoms with Gasteiger partial charge in [0.15, 0.2) is 0 Å². The van der Waals surface area contributed by atoms with Gasteiger partial charge in [-0.15, -0.1) is 0 Å². The Morgan fingerprint density at radius 1 is 1.16 bits per heavy atom. The molecule has 0 radical (unpaired) electrons. The van der Waals surface area contributed by atoms with Crippen molar-refractivity contribution < 1.29 is 9.53 Å². The van der Waals surface area contributed by atoms with Gasteiger partial charge < -0.3 is 19.5 Å². The van der Waals surface area contributed by atoms with Crippen molar-refractivity contribution in [3.63, 3.8) is 0 Å². The van der Waals surface area contributed by atoms with Gasteiger partial charge in [0.05, 0.1) is 0 Å². The van der Waals surface area contributed by atoms with E-state index in [1.807, 2.05) is 38.1 Å². The Kier molecular flexibility index (Phi) is 8.91. The van der Waals surface area contributed by atoms with Gasteiger partial charge in [-0.2, -0.15) is 0 Å². The predicted molar refractivity (Wildman–Crippen MR) is 129 cm³/mol. The molecule has 0 aliphatic carbocycles. The van der Waals surface area contributed by atoms with E-state index in [9.17, 15) is 4.79 Å². The molecule has 1 aromatic heterocycles. The van der Waals surface area contributed by atoms with E-state index in [-0.39, 0.29) is 6.09 Å². The number of piperidine rings is 2. The minimum Gasteiger partial charge on any atom is -0.444 e. The molecule has 0 aromatic carbocycles. The molecule has 3 aliphatic heterocycles. The fraction of sp³-hybridized carbons (Fsp3) is 0.720. The number of nitrogens with one attached hydrogen (secondary N) is 1. The van der Waals surface area contributed by atoms with Gasteiger partial charge in [-0.3, -0.25) is 4.99 Å². The fourth-order valence-corrected chi connectivity index (χ4v) is 4.56. The Balaban J connectivity index is 0.000000186. The molecule has 1 N–H and O–H groups in total. The summed E-state index contributed by atoms with van der Waals surface area (Å²) in [4.78, 5) is 22.6. The Bertz CT molecular complexity index is 778. The number of likely N-dealkylation sites (tertiary alicyclic amines) is 1. The number of rotatable bonds is 4. The Morgan fingerprint density at radius 3 is 2.47 bits per heavy atom. The lowest BCUT2D eigenvalue weighted by molar-refractivity contribution is 0.0201. The first-order valence-electron chi connectivity index (χ1n) is 12.3. The van der Waals surface area contributed by atoms with Crippen molar-refractivity contribution in [3.05, 3.63) is 30.5 Å². The fourth-order valence-electron chi connectivity index (χ4n) is 4.56. The molecular weight excluding hydrogens is 402 g/mol. The number of aliphatic imine (C=N–C) groups is 1. The third-order valence-corrected chi connectivity index (χ3v) is 6.21. The third kappa shape index (κ3) is 7.19. The highest BCUT2D eigenvalue weighted by Crippen LogP contribution is 2.25. The van der Waals surface area contributed by atoms with Gasteiger partial charge in [-0.1, -0.05) is 13.0 Å². The SMILES string of the molecule is CC(C)(C)OC(=O)N1CCC(C2=NC=CC2)CC1.CCCn1ccnc1C1CCNCC1. The van der Waals surface area contributed by atoms with E-state index in [1.165, 1.54) is 30.8 Å². The van der Waals surface area contributed by atoms with Crippen LogP contribution in [0.3, 0.4) is 0 Å². The van der Waals surface area contributed by atoms with Gasteiger partial charge in [0.1, 0.15) is 11.4 Å². The molecule has 4 heterocycles. The highest BCUT2D eigenvalue weighted by Gasteiger charge is 2.28. The molecular formula is C25H41N5O2. The van der Waals surface area contributed by atoms with Crippen LogP contribution in [-0.2, 0) is 11.3 Å².